The summed E-state index contributed by atoms with van der Waals surface area (Å²) in [6.07, 6.45) is 1.17. The summed E-state index contributed by atoms with van der Waals surface area (Å²) in [6, 6.07) is 5.11. The molecular weight excluding hydrogens is 222 g/mol. The van der Waals surface area contributed by atoms with E-state index in [1.165, 1.54) is 28.7 Å². The molecule has 1 fully saturated rings. The van der Waals surface area contributed by atoms with E-state index in [-0.39, 0.29) is 0 Å². The minimum atomic E-state index is 0.441. The summed E-state index contributed by atoms with van der Waals surface area (Å²) in [5.74, 6) is 0.616. The molecule has 0 radical (unpaired) electrons. The summed E-state index contributed by atoms with van der Waals surface area (Å²) in [7, 11) is 0. The van der Waals surface area contributed by atoms with Crippen LogP contribution in [0.4, 0.5) is 0 Å². The Morgan fingerprint density at radius 1 is 1.22 bits per heavy atom. The first-order chi connectivity index (χ1) is 8.63. The minimum absolute atomic E-state index is 0.441. The van der Waals surface area contributed by atoms with Gasteiger partial charge in [-0.15, -0.1) is 0 Å². The van der Waals surface area contributed by atoms with E-state index < -0.39 is 0 Å². The Bertz CT molecular complexity index is 408. The van der Waals surface area contributed by atoms with Crippen LogP contribution in [0.15, 0.2) is 12.1 Å². The fourth-order valence-corrected chi connectivity index (χ4v) is 2.88. The summed E-state index contributed by atoms with van der Waals surface area (Å²) in [6.45, 7) is 11.6. The maximum absolute atomic E-state index is 5.56. The van der Waals surface area contributed by atoms with Crippen LogP contribution in [0.5, 0.6) is 0 Å². The first-order valence-electron chi connectivity index (χ1n) is 7.02. The molecule has 1 N–H and O–H groups in total. The van der Waals surface area contributed by atoms with Crippen LogP contribution < -0.4 is 5.32 Å². The van der Waals surface area contributed by atoms with Gasteiger partial charge in [0.2, 0.25) is 0 Å². The molecule has 0 amide bonds. The highest BCUT2D eigenvalue weighted by Crippen LogP contribution is 2.31. The van der Waals surface area contributed by atoms with Crippen LogP contribution >= 0.6 is 0 Å². The molecule has 2 heteroatoms. The average molecular weight is 247 g/mol. The molecule has 2 unspecified atom stereocenters. The highest BCUT2D eigenvalue weighted by Gasteiger charge is 2.27. The fourth-order valence-electron chi connectivity index (χ4n) is 2.88. The summed E-state index contributed by atoms with van der Waals surface area (Å²) < 4.78 is 5.56. The number of rotatable bonds is 4. The van der Waals surface area contributed by atoms with Gasteiger partial charge in [0.15, 0.2) is 0 Å². The highest BCUT2D eigenvalue weighted by molar-refractivity contribution is 5.38. The van der Waals surface area contributed by atoms with E-state index in [9.17, 15) is 0 Å². The molecule has 2 rings (SSSR count). The Labute approximate surface area is 111 Å². The molecule has 1 saturated heterocycles. The van der Waals surface area contributed by atoms with Crippen molar-refractivity contribution in [2.75, 3.05) is 19.8 Å². The predicted molar refractivity (Wildman–Crippen MR) is 76.0 cm³/mol. The summed E-state index contributed by atoms with van der Waals surface area (Å²) in [4.78, 5) is 0. The molecule has 1 aliphatic rings. The number of nitrogens with one attached hydrogen (secondary N) is 1. The Kier molecular flexibility index (Phi) is 4.41. The third-order valence-corrected chi connectivity index (χ3v) is 4.08. The van der Waals surface area contributed by atoms with Crippen LogP contribution in [0, 0.1) is 26.7 Å². The number of hydrogen-bond donors (Lipinski definition) is 1. The molecule has 2 atom stereocenters. The fraction of sp³-hybridized carbons (Fsp3) is 0.625. The molecule has 100 valence electrons. The summed E-state index contributed by atoms with van der Waals surface area (Å²) in [5.41, 5.74) is 5.62. The van der Waals surface area contributed by atoms with Crippen molar-refractivity contribution in [1.29, 1.82) is 0 Å². The Hall–Kier alpha value is -0.860. The zero-order valence-electron chi connectivity index (χ0n) is 12.0. The van der Waals surface area contributed by atoms with E-state index in [1.807, 2.05) is 0 Å². The second kappa shape index (κ2) is 5.85. The molecule has 1 aromatic carbocycles. The topological polar surface area (TPSA) is 21.3 Å². The molecule has 1 heterocycles. The summed E-state index contributed by atoms with van der Waals surface area (Å²) in [5, 5.41) is 3.65. The lowest BCUT2D eigenvalue weighted by molar-refractivity contribution is 0.177. The standard InChI is InChI=1S/C16H25NO/c1-5-17-16(14-6-7-18-10-14)15-9-12(3)11(2)8-13(15)4/h8-9,14,16-17H,5-7,10H2,1-4H3. The van der Waals surface area contributed by atoms with Crippen molar-refractivity contribution in [3.05, 3.63) is 34.4 Å². The van der Waals surface area contributed by atoms with Gasteiger partial charge in [-0.2, -0.15) is 0 Å². The van der Waals surface area contributed by atoms with Crippen LogP contribution in [-0.4, -0.2) is 19.8 Å². The molecule has 0 bridgehead atoms. The van der Waals surface area contributed by atoms with Gasteiger partial charge in [0.1, 0.15) is 0 Å². The monoisotopic (exact) mass is 247 g/mol. The van der Waals surface area contributed by atoms with E-state index in [1.54, 1.807) is 0 Å². The Morgan fingerprint density at radius 3 is 2.56 bits per heavy atom. The van der Waals surface area contributed by atoms with Crippen molar-refractivity contribution in [1.82, 2.24) is 5.32 Å². The van der Waals surface area contributed by atoms with E-state index >= 15 is 0 Å². The van der Waals surface area contributed by atoms with E-state index in [2.05, 4.69) is 45.1 Å². The van der Waals surface area contributed by atoms with Crippen molar-refractivity contribution in [3.8, 4) is 0 Å². The molecular formula is C16H25NO. The van der Waals surface area contributed by atoms with E-state index in [0.717, 1.165) is 19.8 Å². The van der Waals surface area contributed by atoms with Crippen LogP contribution in [0.25, 0.3) is 0 Å². The molecule has 1 aromatic rings. The molecule has 0 saturated carbocycles. The van der Waals surface area contributed by atoms with Crippen molar-refractivity contribution >= 4 is 0 Å². The van der Waals surface area contributed by atoms with Crippen molar-refractivity contribution in [2.45, 2.75) is 40.2 Å². The maximum Gasteiger partial charge on any atom is 0.0513 e. The second-order valence-electron chi connectivity index (χ2n) is 5.45. The lowest BCUT2D eigenvalue weighted by Crippen LogP contribution is -2.29. The first-order valence-corrected chi connectivity index (χ1v) is 7.02. The van der Waals surface area contributed by atoms with Gasteiger partial charge in [-0.05, 0) is 56.0 Å². The Balaban J connectivity index is 2.32. The molecule has 18 heavy (non-hydrogen) atoms. The summed E-state index contributed by atoms with van der Waals surface area (Å²) >= 11 is 0. The van der Waals surface area contributed by atoms with Crippen molar-refractivity contribution in [2.24, 2.45) is 5.92 Å². The minimum Gasteiger partial charge on any atom is -0.381 e. The van der Waals surface area contributed by atoms with Gasteiger partial charge < -0.3 is 10.1 Å². The largest absolute Gasteiger partial charge is 0.381 e. The molecule has 0 aliphatic carbocycles. The number of hydrogen-bond acceptors (Lipinski definition) is 2. The van der Waals surface area contributed by atoms with E-state index in [0.29, 0.717) is 12.0 Å². The maximum atomic E-state index is 5.56. The highest BCUT2D eigenvalue weighted by atomic mass is 16.5. The van der Waals surface area contributed by atoms with E-state index in [4.69, 9.17) is 4.74 Å². The normalized spacial score (nSPS) is 21.2. The predicted octanol–water partition coefficient (Wildman–Crippen LogP) is 3.30. The lowest BCUT2D eigenvalue weighted by atomic mass is 9.87. The third kappa shape index (κ3) is 2.76. The number of aryl methyl sites for hydroxylation is 3. The van der Waals surface area contributed by atoms with Gasteiger partial charge in [-0.25, -0.2) is 0 Å². The van der Waals surface area contributed by atoms with Crippen LogP contribution in [0.2, 0.25) is 0 Å². The van der Waals surface area contributed by atoms with Crippen LogP contribution in [0.3, 0.4) is 0 Å². The van der Waals surface area contributed by atoms with Gasteiger partial charge in [0, 0.05) is 18.6 Å². The van der Waals surface area contributed by atoms with Crippen LogP contribution in [0.1, 0.15) is 41.6 Å². The zero-order valence-corrected chi connectivity index (χ0v) is 12.0. The van der Waals surface area contributed by atoms with Gasteiger partial charge in [-0.3, -0.25) is 0 Å². The zero-order chi connectivity index (χ0) is 13.1. The van der Waals surface area contributed by atoms with Crippen LogP contribution in [-0.2, 0) is 4.74 Å². The second-order valence-corrected chi connectivity index (χ2v) is 5.45. The molecule has 2 nitrogen and oxygen atoms in total. The molecule has 1 aliphatic heterocycles. The molecule has 0 spiro atoms. The van der Waals surface area contributed by atoms with Gasteiger partial charge in [0.05, 0.1) is 6.61 Å². The Morgan fingerprint density at radius 2 is 1.94 bits per heavy atom. The lowest BCUT2D eigenvalue weighted by Gasteiger charge is -2.26. The number of ether oxygens (including phenoxy) is 1. The average Bonchev–Trinajstić information content (AvgIpc) is 2.85. The number of benzene rings is 1. The smallest absolute Gasteiger partial charge is 0.0513 e. The van der Waals surface area contributed by atoms with Gasteiger partial charge >= 0.3 is 0 Å². The van der Waals surface area contributed by atoms with Crippen molar-refractivity contribution in [3.63, 3.8) is 0 Å². The first kappa shape index (κ1) is 13.6. The molecule has 0 aromatic heterocycles. The third-order valence-electron chi connectivity index (χ3n) is 4.08. The van der Waals surface area contributed by atoms with Crippen molar-refractivity contribution < 1.29 is 4.74 Å². The quantitative estimate of drug-likeness (QED) is 0.881. The van der Waals surface area contributed by atoms with Gasteiger partial charge in [0.25, 0.3) is 0 Å². The van der Waals surface area contributed by atoms with Gasteiger partial charge in [-0.1, -0.05) is 19.1 Å². The SMILES string of the molecule is CCNC(c1cc(C)c(C)cc1C)C1CCOC1.